The minimum absolute atomic E-state index is 0.0214. The van der Waals surface area contributed by atoms with Crippen molar-refractivity contribution in [3.63, 3.8) is 0 Å². The summed E-state index contributed by atoms with van der Waals surface area (Å²) in [5, 5.41) is 0. The van der Waals surface area contributed by atoms with Crippen molar-refractivity contribution in [2.24, 2.45) is 0 Å². The van der Waals surface area contributed by atoms with Gasteiger partial charge in [0.05, 0.1) is 107 Å². The molecule has 10 fully saturated rings. The molecule has 8 bridgehead atoms. The number of ether oxygens (including phenoxy) is 7. The fraction of sp³-hybridized carbons (Fsp3) is 0.484. The quantitative estimate of drug-likeness (QED) is 0.0639. The number of imidazole rings is 6. The number of nitrogens with one attached hydrogen (secondary N) is 3. The fourth-order valence-electron chi connectivity index (χ4n) is 16.7. The average Bonchev–Trinajstić information content (AvgIpc) is 1.55. The van der Waals surface area contributed by atoms with Crippen molar-refractivity contribution in [2.45, 2.75) is 147 Å². The summed E-state index contributed by atoms with van der Waals surface area (Å²) in [5.74, 6) is -0.647. The van der Waals surface area contributed by atoms with E-state index >= 15 is 17.6 Å². The van der Waals surface area contributed by atoms with Gasteiger partial charge in [-0.05, 0) is 77.2 Å². The molecule has 135 heavy (non-hydrogen) atoms. The van der Waals surface area contributed by atoms with E-state index in [2.05, 4.69) is 87.0 Å². The number of aromatic nitrogens is 21. The largest absolute Gasteiger partial charge is 0.397 e. The number of nitrogen functional groups attached to an aromatic ring is 6. The molecule has 12 aromatic heterocycles. The molecule has 29 atom stereocenters. The first-order valence-electron chi connectivity index (χ1n) is 39.5. The smallest absolute Gasteiger partial charge is 0.386 e. The molecule has 10 saturated heterocycles. The lowest BCUT2D eigenvalue weighted by Gasteiger charge is -2.33. The molecule has 22 heterocycles. The minimum Gasteiger partial charge on any atom is -0.397 e. The van der Waals surface area contributed by atoms with E-state index in [0.29, 0.717) is 39.3 Å². The first-order chi connectivity index (χ1) is 64.1. The van der Waals surface area contributed by atoms with Gasteiger partial charge in [0.1, 0.15) is 89.3 Å². The second kappa shape index (κ2) is 35.8. The van der Waals surface area contributed by atoms with Crippen LogP contribution in [0.5, 0.6) is 0 Å². The Hall–Kier alpha value is -7.70. The van der Waals surface area contributed by atoms with Crippen LogP contribution in [0.4, 0.5) is 52.5 Å². The molecule has 10 aliphatic heterocycles. The Balaban J connectivity index is 0.000000126. The molecular weight excluding hydrogens is 2050 g/mol. The Bertz CT molecular complexity index is 7210. The molecule has 55 nitrogen and oxygen atoms in total. The maximum absolute atomic E-state index is 16.0. The number of nitrogens with two attached hydrogens (primary N) is 6. The first-order valence-corrected chi connectivity index (χ1v) is 55.2. The number of aromatic amines is 3. The molecule has 71 heteroatoms. The monoisotopic (exact) mass is 2120 g/mol. The third kappa shape index (κ3) is 18.1. The van der Waals surface area contributed by atoms with Gasteiger partial charge in [-0.1, -0.05) is 12.2 Å². The first kappa shape index (κ1) is 94.9. The second-order valence-corrected chi connectivity index (χ2v) is 48.1. The highest BCUT2D eigenvalue weighted by Gasteiger charge is 2.66. The van der Waals surface area contributed by atoms with Gasteiger partial charge in [0.15, 0.2) is 112 Å². The number of rotatable bonds is 6. The van der Waals surface area contributed by atoms with Crippen molar-refractivity contribution in [2.75, 3.05) is 80.7 Å². The van der Waals surface area contributed by atoms with E-state index in [1.807, 2.05) is 0 Å². The van der Waals surface area contributed by atoms with Crippen LogP contribution in [0, 0.1) is 0 Å². The fourth-order valence-corrected chi connectivity index (χ4v) is 25.4. The van der Waals surface area contributed by atoms with Gasteiger partial charge in [-0.25, -0.2) is 67.0 Å². The van der Waals surface area contributed by atoms with Crippen LogP contribution in [0.15, 0.2) is 89.1 Å². The topological polar surface area (TPSA) is 733 Å². The zero-order chi connectivity index (χ0) is 95.0. The van der Waals surface area contributed by atoms with Gasteiger partial charge in [0, 0.05) is 25.0 Å². The number of halogens is 4. The zero-order valence-corrected chi connectivity index (χ0v) is 78.0. The van der Waals surface area contributed by atoms with Gasteiger partial charge in [0.25, 0.3) is 16.7 Å². The third-order valence-corrected chi connectivity index (χ3v) is 32.1. The molecule has 12 aromatic rings. The van der Waals surface area contributed by atoms with Gasteiger partial charge >= 0.3 is 40.4 Å². The Labute approximate surface area is 778 Å². The maximum Gasteiger partial charge on any atom is 0.386 e. The molecule has 20 N–H and O–H groups in total. The summed E-state index contributed by atoms with van der Waals surface area (Å²) in [7, 11) is 0. The number of thiol groups is 1. The molecule has 10 aliphatic rings. The highest BCUT2D eigenvalue weighted by atomic mass is 32.7. The summed E-state index contributed by atoms with van der Waals surface area (Å²) in [6, 6.07) is 4.66. The normalized spacial score (nSPS) is 38.0. The van der Waals surface area contributed by atoms with Gasteiger partial charge < -0.3 is 119 Å². The van der Waals surface area contributed by atoms with E-state index in [0.717, 1.165) is 10.9 Å². The Morgan fingerprint density at radius 2 is 0.741 bits per heavy atom. The van der Waals surface area contributed by atoms with Crippen molar-refractivity contribution in [1.29, 1.82) is 0 Å². The van der Waals surface area contributed by atoms with Crippen molar-refractivity contribution in [3.8, 4) is 0 Å². The Morgan fingerprint density at radius 1 is 0.385 bits per heavy atom. The molecule has 0 aliphatic carbocycles. The number of pyridine rings is 3. The van der Waals surface area contributed by atoms with E-state index in [-0.39, 0.29) is 82.3 Å². The molecule has 0 spiro atoms. The number of H-pyrrole nitrogens is 3. The van der Waals surface area contributed by atoms with Crippen molar-refractivity contribution in [3.05, 3.63) is 106 Å². The highest BCUT2D eigenvalue weighted by Crippen LogP contribution is 2.63. The lowest BCUT2D eigenvalue weighted by molar-refractivity contribution is -0.183. The maximum atomic E-state index is 16.0. The van der Waals surface area contributed by atoms with Gasteiger partial charge in [-0.15, -0.1) is 0 Å². The summed E-state index contributed by atoms with van der Waals surface area (Å²) in [6.07, 6.45) is -19.4. The van der Waals surface area contributed by atoms with Crippen LogP contribution in [0.2, 0.25) is 0 Å². The molecular formula is C64H71F4N27O28P6S6. The third-order valence-electron chi connectivity index (χ3n) is 22.7. The Morgan fingerprint density at radius 3 is 1.18 bits per heavy atom. The molecule has 0 radical (unpaired) electrons. The number of hydrogen-bond acceptors (Lipinski definition) is 46. The summed E-state index contributed by atoms with van der Waals surface area (Å²) in [6.45, 7) is -28.8. The van der Waals surface area contributed by atoms with Crippen LogP contribution < -0.4 is 51.1 Å². The van der Waals surface area contributed by atoms with Gasteiger partial charge in [0.2, 0.25) is 17.8 Å². The van der Waals surface area contributed by atoms with Crippen molar-refractivity contribution < 1.29 is 134 Å². The molecule has 0 aromatic carbocycles. The van der Waals surface area contributed by atoms with Crippen LogP contribution in [0.25, 0.3) is 67.0 Å². The van der Waals surface area contributed by atoms with Gasteiger partial charge in [-0.3, -0.25) is 83.9 Å². The summed E-state index contributed by atoms with van der Waals surface area (Å²) in [5.41, 5.74) is 34.2. The number of fused-ring (bicyclic) bond motifs is 14. The lowest BCUT2D eigenvalue weighted by atomic mass is 10.0. The number of nitrogens with zero attached hydrogens (tertiary/aromatic N) is 18. The van der Waals surface area contributed by atoms with Crippen LogP contribution in [0.1, 0.15) is 43.8 Å². The van der Waals surface area contributed by atoms with Crippen LogP contribution in [-0.4, -0.2) is 276 Å². The predicted molar refractivity (Wildman–Crippen MR) is 474 cm³/mol. The van der Waals surface area contributed by atoms with Crippen molar-refractivity contribution >= 4 is 214 Å². The SMILES string of the molecule is Nc1nc2c(ncn2[C@@H]2O[C@@H]3COP(=O)(S)O[C@@H]4C(F)[C@H](n5cnc6c(N)ccnc65)O[C@@H]4COP(O)(=S)OC2C3)c(=O)[nH]1.Nc1nc2c(ncn2[C@@H]2O[C@@H]3COP(O)(=S)O[C@H]4[C@H](F)[C@H](n5cnc6c(N)ccnc65)O[C@@H]4COP(O)(=S)O[C@@H]2[C@H]3F)c(=O)[nH]1.Nc1nc2c(ncn2[C@@H]2O[C@@H]3COP(O)(=S)O[C@H]4[C@H]5OC[C@]4(COP(O)(=S)O[C@@H]2[C@@H]3F)O[C@H]5n2cnc3c(N)ccnc32)c(=O)[nH]1. The second-order valence-electron chi connectivity index (χ2n) is 31.3. The van der Waals surface area contributed by atoms with E-state index in [1.54, 1.807) is 16.7 Å². The van der Waals surface area contributed by atoms with Crippen LogP contribution >= 0.6 is 52.6 Å². The summed E-state index contributed by atoms with van der Waals surface area (Å²) >= 11 is 30.3. The zero-order valence-electron chi connectivity index (χ0n) is 67.6. The lowest BCUT2D eigenvalue weighted by Crippen LogP contribution is -2.45. The Kier molecular flexibility index (Phi) is 25.2. The number of hydrogen-bond donors (Lipinski definition) is 15. The number of alkyl halides is 4. The minimum atomic E-state index is -4.34. The standard InChI is InChI=1S/C22H24FN9O10P2S2.C21H23F2N9O9P2S2.C21H24FN9O9P2S2/c23-10-9-3-37-43(34,45)42-15-14-20(31-6-27-11-8(24)1-2-26-16(11)31)40-22(15,4-36-14)5-38-44(35,46)41-13(10)19(39-9)32-7-28-12-17(32)29-21(25)30-18(12)33;22-10-8-3-36-42(34,44)40-14-9(39-19(11(14)23)31-5-27-12-7(24)1-2-26-16(12)31)4-37-43(35,45)41-15(10)20(38-8)32-6-28-13-17(32)29-21(25)30-18(13)33;22-12-15-11(38-20(12)30-6-26-13-9(23)1-2-25-16(13)30)5-36-41(33,43)39-10-3-8(4-35-42(34,44)40-15)37-19(10)31-7-27-14-17(31)28-21(24)29-18(14)32/h1-2,6-7,9-10,13-15,19-20H,3-5H2,(H2,24,26)(H,34,45)(H,35,46)(H3,25,29,30,33);1-2,5-6,8-11,14-15,19-20H,3-4H2,(H2,24,26)(H,34,44)(H,35,45)(H3,25,29,30,33);1-2,6-8,10-12,15,19-20H,3-5H2,(H2,23,25)(H,33,43)(H,34,44)(H3,24,28,29,32)/t9-,10-,13-,14-,15+,19-,20-,22-,43?,44?;8-,9-,10+,11+,14-,15-,19-,20-,42?,43?;8-,10?,11+,12?,15-,19+,20+,41?,42?/m110/s1. The van der Waals surface area contributed by atoms with Crippen LogP contribution in [0.3, 0.4) is 0 Å². The number of anilines is 6. The van der Waals surface area contributed by atoms with Crippen molar-refractivity contribution in [1.82, 2.24) is 102 Å². The van der Waals surface area contributed by atoms with E-state index in [4.69, 9.17) is 181 Å². The molecule has 22 rings (SSSR count). The van der Waals surface area contributed by atoms with E-state index < -0.39 is 231 Å². The molecule has 0 amide bonds. The molecule has 724 valence electrons. The molecule has 8 unspecified atom stereocenters. The van der Waals surface area contributed by atoms with E-state index in [1.165, 1.54) is 74.6 Å². The summed E-state index contributed by atoms with van der Waals surface area (Å²) in [4.78, 5) is 149. The van der Waals surface area contributed by atoms with E-state index in [9.17, 15) is 43.4 Å². The average molecular weight is 2120 g/mol. The van der Waals surface area contributed by atoms with Gasteiger partial charge in [-0.2, -0.15) is 15.0 Å². The van der Waals surface area contributed by atoms with Crippen LogP contribution in [-0.2, 0) is 151 Å². The summed E-state index contributed by atoms with van der Waals surface area (Å²) < 4.78 is 195. The predicted octanol–water partition coefficient (Wildman–Crippen LogP) is 1.66. The highest BCUT2D eigenvalue weighted by molar-refractivity contribution is 8.44. The molecule has 0 saturated carbocycles.